The average Bonchev–Trinajstić information content (AvgIpc) is 3.22. The molecule has 1 fully saturated rings. The van der Waals surface area contributed by atoms with Gasteiger partial charge < -0.3 is 5.32 Å². The molecule has 28 heavy (non-hydrogen) atoms. The van der Waals surface area contributed by atoms with Crippen LogP contribution < -0.4 is 5.32 Å². The summed E-state index contributed by atoms with van der Waals surface area (Å²) >= 11 is 3.14. The smallest absolute Gasteiger partial charge is 0.230 e. The maximum Gasteiger partial charge on any atom is 0.230 e. The normalized spacial score (nSPS) is 14.8. The summed E-state index contributed by atoms with van der Waals surface area (Å²) in [7, 11) is 0. The summed E-state index contributed by atoms with van der Waals surface area (Å²) in [5.74, 6) is 1.30. The first kappa shape index (κ1) is 19.2. The van der Waals surface area contributed by atoms with E-state index in [9.17, 15) is 4.79 Å². The second-order valence-corrected chi connectivity index (χ2v) is 9.00. The summed E-state index contributed by atoms with van der Waals surface area (Å²) in [5.41, 5.74) is 2.37. The molecule has 4 rings (SSSR count). The molecule has 0 unspecified atom stereocenters. The van der Waals surface area contributed by atoms with Gasteiger partial charge in [-0.1, -0.05) is 54.6 Å². The molecule has 2 heterocycles. The van der Waals surface area contributed by atoms with Crippen molar-refractivity contribution >= 4 is 29.0 Å². The first-order valence-corrected chi connectivity index (χ1v) is 11.5. The van der Waals surface area contributed by atoms with Crippen LogP contribution >= 0.6 is 23.1 Å². The molecular formula is C21H24N4OS2. The Balaban J connectivity index is 1.41. The summed E-state index contributed by atoms with van der Waals surface area (Å²) in [6.45, 7) is 4.16. The fourth-order valence-corrected chi connectivity index (χ4v) is 4.72. The van der Waals surface area contributed by atoms with Crippen LogP contribution in [0.4, 0.5) is 0 Å². The van der Waals surface area contributed by atoms with E-state index in [0.717, 1.165) is 40.7 Å². The van der Waals surface area contributed by atoms with E-state index >= 15 is 0 Å². The van der Waals surface area contributed by atoms with E-state index in [4.69, 9.17) is 0 Å². The van der Waals surface area contributed by atoms with E-state index in [1.807, 2.05) is 6.07 Å². The van der Waals surface area contributed by atoms with Crippen molar-refractivity contribution in [3.05, 3.63) is 52.9 Å². The SMILES string of the molecule is CC[C@@H](NC(=O)CSc1nnc(-c2cccs2)n1C1CC1)c1ccc(C)cc1. The number of carbonyl (C=O) groups excluding carboxylic acids is 1. The number of thiophene rings is 1. The molecule has 1 saturated carbocycles. The summed E-state index contributed by atoms with van der Waals surface area (Å²) in [5, 5.41) is 14.8. The molecule has 0 bridgehead atoms. The largest absolute Gasteiger partial charge is 0.349 e. The van der Waals surface area contributed by atoms with E-state index in [2.05, 4.69) is 69.6 Å². The van der Waals surface area contributed by atoms with Crippen LogP contribution in [0.25, 0.3) is 10.7 Å². The van der Waals surface area contributed by atoms with Gasteiger partial charge in [0, 0.05) is 6.04 Å². The number of hydrogen-bond acceptors (Lipinski definition) is 5. The maximum atomic E-state index is 12.6. The maximum absolute atomic E-state index is 12.6. The number of aryl methyl sites for hydroxylation is 1. The lowest BCUT2D eigenvalue weighted by Gasteiger charge is -2.17. The number of amides is 1. The van der Waals surface area contributed by atoms with Gasteiger partial charge in [0.15, 0.2) is 11.0 Å². The Hall–Kier alpha value is -2.12. The molecule has 0 radical (unpaired) electrons. The van der Waals surface area contributed by atoms with Crippen LogP contribution in [0.1, 0.15) is 49.4 Å². The highest BCUT2D eigenvalue weighted by molar-refractivity contribution is 7.99. The van der Waals surface area contributed by atoms with Crippen LogP contribution in [0.5, 0.6) is 0 Å². The van der Waals surface area contributed by atoms with Crippen molar-refractivity contribution in [3.63, 3.8) is 0 Å². The second-order valence-electron chi connectivity index (χ2n) is 7.11. The molecule has 1 atom stereocenters. The Morgan fingerprint density at radius 1 is 1.29 bits per heavy atom. The number of nitrogens with one attached hydrogen (secondary N) is 1. The molecule has 3 aromatic rings. The van der Waals surface area contributed by atoms with Crippen LogP contribution in [-0.4, -0.2) is 26.4 Å². The quantitative estimate of drug-likeness (QED) is 0.528. The molecule has 0 spiro atoms. The number of carbonyl (C=O) groups is 1. The van der Waals surface area contributed by atoms with Crippen molar-refractivity contribution in [2.24, 2.45) is 0 Å². The van der Waals surface area contributed by atoms with Crippen LogP contribution in [-0.2, 0) is 4.79 Å². The number of nitrogens with zero attached hydrogens (tertiary/aromatic N) is 3. The molecule has 146 valence electrons. The molecule has 0 saturated heterocycles. The lowest BCUT2D eigenvalue weighted by atomic mass is 10.0. The van der Waals surface area contributed by atoms with E-state index in [-0.39, 0.29) is 11.9 Å². The van der Waals surface area contributed by atoms with Crippen molar-refractivity contribution in [1.29, 1.82) is 0 Å². The molecule has 1 N–H and O–H groups in total. The first-order valence-electron chi connectivity index (χ1n) is 9.63. The van der Waals surface area contributed by atoms with Crippen LogP contribution in [0, 0.1) is 6.92 Å². The van der Waals surface area contributed by atoms with Gasteiger partial charge in [0.05, 0.1) is 16.7 Å². The van der Waals surface area contributed by atoms with Crippen molar-refractivity contribution in [3.8, 4) is 10.7 Å². The van der Waals surface area contributed by atoms with Crippen molar-refractivity contribution in [2.45, 2.75) is 50.4 Å². The molecule has 1 aliphatic carbocycles. The number of rotatable bonds is 8. The third-order valence-electron chi connectivity index (χ3n) is 4.87. The molecule has 0 aliphatic heterocycles. The van der Waals surface area contributed by atoms with Gasteiger partial charge in [-0.25, -0.2) is 0 Å². The number of hydrogen-bond donors (Lipinski definition) is 1. The van der Waals surface area contributed by atoms with Gasteiger partial charge >= 0.3 is 0 Å². The Morgan fingerprint density at radius 3 is 2.71 bits per heavy atom. The summed E-state index contributed by atoms with van der Waals surface area (Å²) in [4.78, 5) is 13.7. The molecular weight excluding hydrogens is 388 g/mol. The number of thioether (sulfide) groups is 1. The van der Waals surface area contributed by atoms with Crippen LogP contribution in [0.15, 0.2) is 46.9 Å². The van der Waals surface area contributed by atoms with Crippen molar-refractivity contribution in [1.82, 2.24) is 20.1 Å². The van der Waals surface area contributed by atoms with Gasteiger partial charge in [-0.3, -0.25) is 9.36 Å². The Bertz CT molecular complexity index is 930. The van der Waals surface area contributed by atoms with Gasteiger partial charge in [-0.05, 0) is 43.2 Å². The topological polar surface area (TPSA) is 59.8 Å². The lowest BCUT2D eigenvalue weighted by Crippen LogP contribution is -2.29. The Kier molecular flexibility index (Phi) is 5.82. The minimum absolute atomic E-state index is 0.0282. The fourth-order valence-electron chi connectivity index (χ4n) is 3.20. The molecule has 5 nitrogen and oxygen atoms in total. The van der Waals surface area contributed by atoms with Gasteiger partial charge in [0.1, 0.15) is 0 Å². The van der Waals surface area contributed by atoms with Crippen LogP contribution in [0.2, 0.25) is 0 Å². The highest BCUT2D eigenvalue weighted by atomic mass is 32.2. The first-order chi connectivity index (χ1) is 13.7. The third kappa shape index (κ3) is 4.31. The van der Waals surface area contributed by atoms with E-state index < -0.39 is 0 Å². The van der Waals surface area contributed by atoms with E-state index in [1.54, 1.807) is 11.3 Å². The average molecular weight is 413 g/mol. The predicted octanol–water partition coefficient (Wildman–Crippen LogP) is 5.01. The third-order valence-corrected chi connectivity index (χ3v) is 6.68. The van der Waals surface area contributed by atoms with Crippen LogP contribution in [0.3, 0.4) is 0 Å². The molecule has 1 amide bonds. The van der Waals surface area contributed by atoms with Gasteiger partial charge in [-0.15, -0.1) is 21.5 Å². The Labute approximate surface area is 173 Å². The molecule has 7 heteroatoms. The van der Waals surface area contributed by atoms with E-state index in [1.165, 1.54) is 17.3 Å². The lowest BCUT2D eigenvalue weighted by molar-refractivity contribution is -0.119. The monoisotopic (exact) mass is 412 g/mol. The molecule has 2 aromatic heterocycles. The predicted molar refractivity (Wildman–Crippen MR) is 115 cm³/mol. The zero-order chi connectivity index (χ0) is 19.5. The number of benzene rings is 1. The summed E-state index contributed by atoms with van der Waals surface area (Å²) < 4.78 is 2.21. The second kappa shape index (κ2) is 8.49. The van der Waals surface area contributed by atoms with Crippen molar-refractivity contribution in [2.75, 3.05) is 5.75 Å². The summed E-state index contributed by atoms with van der Waals surface area (Å²) in [6, 6.07) is 13.0. The van der Waals surface area contributed by atoms with Gasteiger partial charge in [-0.2, -0.15) is 0 Å². The van der Waals surface area contributed by atoms with E-state index in [0.29, 0.717) is 11.8 Å². The Morgan fingerprint density at radius 2 is 2.07 bits per heavy atom. The standard InChI is InChI=1S/C21H24N4OS2/c1-3-17(15-8-6-14(2)7-9-15)22-19(26)13-28-21-24-23-20(18-5-4-12-27-18)25(21)16-10-11-16/h4-9,12,16-17H,3,10-11,13H2,1-2H3,(H,22,26)/t17-/m1/s1. The zero-order valence-corrected chi connectivity index (χ0v) is 17.7. The van der Waals surface area contributed by atoms with Gasteiger partial charge in [0.2, 0.25) is 5.91 Å². The summed E-state index contributed by atoms with van der Waals surface area (Å²) in [6.07, 6.45) is 3.17. The van der Waals surface area contributed by atoms with Crippen molar-refractivity contribution < 1.29 is 4.79 Å². The minimum Gasteiger partial charge on any atom is -0.349 e. The molecule has 1 aromatic carbocycles. The van der Waals surface area contributed by atoms with Gasteiger partial charge in [0.25, 0.3) is 0 Å². The minimum atomic E-state index is 0.0282. The highest BCUT2D eigenvalue weighted by Crippen LogP contribution is 2.41. The highest BCUT2D eigenvalue weighted by Gasteiger charge is 2.30. The fraction of sp³-hybridized carbons (Fsp3) is 0.381. The number of aromatic nitrogens is 3. The zero-order valence-electron chi connectivity index (χ0n) is 16.1. The molecule has 1 aliphatic rings.